The first-order valence-corrected chi connectivity index (χ1v) is 10.9. The highest BCUT2D eigenvalue weighted by Gasteiger charge is 2.28. The summed E-state index contributed by atoms with van der Waals surface area (Å²) < 4.78 is 0. The molecule has 28 heavy (non-hydrogen) atoms. The van der Waals surface area contributed by atoms with Gasteiger partial charge in [-0.3, -0.25) is 0 Å². The van der Waals surface area contributed by atoms with Crippen LogP contribution in [0.3, 0.4) is 0 Å². The summed E-state index contributed by atoms with van der Waals surface area (Å²) in [5, 5.41) is 2.78. The normalized spacial score (nSPS) is 21.3. The SMILES string of the molecule is S=C=Nc1cnc(C#Cc2ccc(C3CCC(CC4CC4)CC3)cc2)c(Cl)c1. The lowest BCUT2D eigenvalue weighted by molar-refractivity contribution is 0.299. The first kappa shape index (κ1) is 19.3. The van der Waals surface area contributed by atoms with Gasteiger partial charge in [0, 0.05) is 5.56 Å². The van der Waals surface area contributed by atoms with E-state index in [-0.39, 0.29) is 0 Å². The molecule has 2 nitrogen and oxygen atoms in total. The maximum atomic E-state index is 6.22. The Balaban J connectivity index is 1.37. The zero-order valence-corrected chi connectivity index (χ0v) is 17.4. The van der Waals surface area contributed by atoms with Gasteiger partial charge in [0.15, 0.2) is 0 Å². The molecule has 2 aliphatic rings. The average Bonchev–Trinajstić information content (AvgIpc) is 3.53. The summed E-state index contributed by atoms with van der Waals surface area (Å²) in [6, 6.07) is 10.4. The van der Waals surface area contributed by atoms with Crippen LogP contribution in [0, 0.1) is 23.7 Å². The van der Waals surface area contributed by atoms with Gasteiger partial charge in [-0.25, -0.2) is 4.98 Å². The van der Waals surface area contributed by atoms with Crippen molar-refractivity contribution in [1.29, 1.82) is 0 Å². The maximum Gasteiger partial charge on any atom is 0.132 e. The number of aliphatic imine (C=N–C) groups is 1. The van der Waals surface area contributed by atoms with Gasteiger partial charge in [-0.1, -0.05) is 42.5 Å². The molecule has 2 saturated carbocycles. The van der Waals surface area contributed by atoms with Crippen LogP contribution >= 0.6 is 23.8 Å². The molecule has 0 unspecified atom stereocenters. The molecule has 0 atom stereocenters. The number of hydrogen-bond donors (Lipinski definition) is 0. The molecule has 4 rings (SSSR count). The lowest BCUT2D eigenvalue weighted by Gasteiger charge is -2.28. The highest BCUT2D eigenvalue weighted by Crippen LogP contribution is 2.43. The Morgan fingerprint density at radius 2 is 1.68 bits per heavy atom. The van der Waals surface area contributed by atoms with Crippen LogP contribution in [0.25, 0.3) is 0 Å². The number of nitrogens with zero attached hydrogens (tertiary/aromatic N) is 2. The molecule has 0 saturated heterocycles. The van der Waals surface area contributed by atoms with E-state index in [4.69, 9.17) is 11.6 Å². The van der Waals surface area contributed by atoms with Crippen molar-refractivity contribution >= 4 is 34.7 Å². The molecule has 2 fully saturated rings. The lowest BCUT2D eigenvalue weighted by Crippen LogP contribution is -2.13. The van der Waals surface area contributed by atoms with E-state index in [1.807, 2.05) is 0 Å². The van der Waals surface area contributed by atoms with Crippen molar-refractivity contribution in [3.8, 4) is 11.8 Å². The minimum Gasteiger partial charge on any atom is -0.244 e. The summed E-state index contributed by atoms with van der Waals surface area (Å²) in [6.45, 7) is 0. The standard InChI is InChI=1S/C24H23ClN2S/c25-23-14-22(27-16-28)15-26-24(23)12-7-17-3-8-20(9-4-17)21-10-5-19(6-11-21)13-18-1-2-18/h3-4,8-9,14-15,18-19,21H,1-2,5-6,10-11,13H2. The van der Waals surface area contributed by atoms with Crippen LogP contribution in [0.5, 0.6) is 0 Å². The summed E-state index contributed by atoms with van der Waals surface area (Å²) in [7, 11) is 0. The van der Waals surface area contributed by atoms with Crippen molar-refractivity contribution in [2.45, 2.75) is 50.9 Å². The van der Waals surface area contributed by atoms with E-state index in [2.05, 4.69) is 63.5 Å². The van der Waals surface area contributed by atoms with Gasteiger partial charge in [0.25, 0.3) is 0 Å². The van der Waals surface area contributed by atoms with Crippen LogP contribution in [0.1, 0.15) is 67.7 Å². The summed E-state index contributed by atoms with van der Waals surface area (Å²) in [5.74, 6) is 8.95. The molecule has 142 valence electrons. The van der Waals surface area contributed by atoms with E-state index in [9.17, 15) is 0 Å². The number of halogens is 1. The van der Waals surface area contributed by atoms with Crippen molar-refractivity contribution in [3.05, 3.63) is 58.4 Å². The number of isothiocyanates is 1. The minimum absolute atomic E-state index is 0.471. The summed E-state index contributed by atoms with van der Waals surface area (Å²) in [6.07, 6.45) is 11.5. The third-order valence-electron chi connectivity index (χ3n) is 5.92. The van der Waals surface area contributed by atoms with Crippen LogP contribution in [0.15, 0.2) is 41.5 Å². The van der Waals surface area contributed by atoms with E-state index >= 15 is 0 Å². The fourth-order valence-electron chi connectivity index (χ4n) is 4.16. The van der Waals surface area contributed by atoms with Crippen molar-refractivity contribution < 1.29 is 0 Å². The maximum absolute atomic E-state index is 6.22. The molecular formula is C24H23ClN2S. The zero-order chi connectivity index (χ0) is 19.3. The smallest absolute Gasteiger partial charge is 0.132 e. The monoisotopic (exact) mass is 406 g/mol. The van der Waals surface area contributed by atoms with Crippen LogP contribution in [-0.4, -0.2) is 10.1 Å². The molecule has 1 heterocycles. The van der Waals surface area contributed by atoms with Gasteiger partial charge in [-0.05, 0) is 91.8 Å². The lowest BCUT2D eigenvalue weighted by atomic mass is 9.77. The molecule has 0 bridgehead atoms. The van der Waals surface area contributed by atoms with Gasteiger partial charge in [0.05, 0.1) is 22.1 Å². The fraction of sp³-hybridized carbons (Fsp3) is 0.417. The highest BCUT2D eigenvalue weighted by molar-refractivity contribution is 7.78. The van der Waals surface area contributed by atoms with Gasteiger partial charge in [-0.2, -0.15) is 4.99 Å². The van der Waals surface area contributed by atoms with Crippen LogP contribution in [-0.2, 0) is 0 Å². The predicted molar refractivity (Wildman–Crippen MR) is 118 cm³/mol. The second-order valence-corrected chi connectivity index (χ2v) is 8.59. The number of rotatable bonds is 4. The molecule has 1 aromatic carbocycles. The molecule has 2 aliphatic carbocycles. The molecule has 0 N–H and O–H groups in total. The zero-order valence-electron chi connectivity index (χ0n) is 15.8. The van der Waals surface area contributed by atoms with Crippen molar-refractivity contribution in [1.82, 2.24) is 4.98 Å². The molecule has 0 aliphatic heterocycles. The molecule has 0 radical (unpaired) electrons. The number of aromatic nitrogens is 1. The first-order chi connectivity index (χ1) is 13.7. The van der Waals surface area contributed by atoms with E-state index < -0.39 is 0 Å². The number of benzene rings is 1. The predicted octanol–water partition coefficient (Wildman–Crippen LogP) is 6.94. The van der Waals surface area contributed by atoms with E-state index in [1.165, 1.54) is 50.5 Å². The Kier molecular flexibility index (Phi) is 6.23. The van der Waals surface area contributed by atoms with Gasteiger partial charge in [0.1, 0.15) is 5.69 Å². The second-order valence-electron chi connectivity index (χ2n) is 8.00. The van der Waals surface area contributed by atoms with Crippen molar-refractivity contribution in [2.75, 3.05) is 0 Å². The topological polar surface area (TPSA) is 25.2 Å². The highest BCUT2D eigenvalue weighted by atomic mass is 35.5. The summed E-state index contributed by atoms with van der Waals surface area (Å²) >= 11 is 10.8. The Bertz CT molecular complexity index is 939. The molecule has 1 aromatic heterocycles. The van der Waals surface area contributed by atoms with Crippen molar-refractivity contribution in [2.24, 2.45) is 16.8 Å². The van der Waals surface area contributed by atoms with Crippen LogP contribution in [0.4, 0.5) is 5.69 Å². The molecule has 2 aromatic rings. The molecular weight excluding hydrogens is 384 g/mol. The average molecular weight is 407 g/mol. The Morgan fingerprint density at radius 3 is 2.29 bits per heavy atom. The van der Waals surface area contributed by atoms with E-state index in [0.29, 0.717) is 22.3 Å². The number of pyridine rings is 1. The third kappa shape index (κ3) is 5.09. The summed E-state index contributed by atoms with van der Waals surface area (Å²) in [5.41, 5.74) is 3.56. The third-order valence-corrected chi connectivity index (χ3v) is 6.30. The van der Waals surface area contributed by atoms with Crippen LogP contribution in [0.2, 0.25) is 5.02 Å². The Morgan fingerprint density at radius 1 is 1.00 bits per heavy atom. The minimum atomic E-state index is 0.471. The van der Waals surface area contributed by atoms with Gasteiger partial charge < -0.3 is 0 Å². The second kappa shape index (κ2) is 9.01. The van der Waals surface area contributed by atoms with E-state index in [0.717, 1.165) is 17.4 Å². The number of hydrogen-bond acceptors (Lipinski definition) is 3. The first-order valence-electron chi connectivity index (χ1n) is 10.1. The largest absolute Gasteiger partial charge is 0.244 e. The Labute approximate surface area is 177 Å². The number of thiocarbonyl (C=S) groups is 1. The molecule has 0 amide bonds. The van der Waals surface area contributed by atoms with Gasteiger partial charge >= 0.3 is 0 Å². The molecule has 4 heteroatoms. The fourth-order valence-corrected chi connectivity index (χ4v) is 4.47. The van der Waals surface area contributed by atoms with Gasteiger partial charge in [-0.15, -0.1) is 0 Å². The van der Waals surface area contributed by atoms with Crippen LogP contribution < -0.4 is 0 Å². The quantitative estimate of drug-likeness (QED) is 0.312. The summed E-state index contributed by atoms with van der Waals surface area (Å²) in [4.78, 5) is 8.12. The van der Waals surface area contributed by atoms with Gasteiger partial charge in [0.2, 0.25) is 0 Å². The van der Waals surface area contributed by atoms with Crippen molar-refractivity contribution in [3.63, 3.8) is 0 Å². The Hall–Kier alpha value is -1.98. The van der Waals surface area contributed by atoms with E-state index in [1.54, 1.807) is 12.3 Å². The molecule has 0 spiro atoms.